The Bertz CT molecular complexity index is 752. The van der Waals surface area contributed by atoms with Crippen LogP contribution < -0.4 is 4.74 Å². The third-order valence-electron chi connectivity index (χ3n) is 7.47. The van der Waals surface area contributed by atoms with Gasteiger partial charge in [0.1, 0.15) is 5.75 Å². The Morgan fingerprint density at radius 3 is 2.31 bits per heavy atom. The normalized spacial score (nSPS) is 22.5. The molecule has 2 aliphatic heterocycles. The van der Waals surface area contributed by atoms with Gasteiger partial charge in [0.2, 0.25) is 11.8 Å². The zero-order chi connectivity index (χ0) is 22.3. The maximum Gasteiger partial charge on any atom is 0.237 e. The van der Waals surface area contributed by atoms with Crippen LogP contribution in [0.5, 0.6) is 5.75 Å². The molecule has 3 fully saturated rings. The van der Waals surface area contributed by atoms with Crippen molar-refractivity contribution >= 4 is 11.8 Å². The van der Waals surface area contributed by atoms with E-state index in [0.29, 0.717) is 25.5 Å². The molecule has 1 aromatic rings. The number of amides is 2. The number of ether oxygens (including phenoxy) is 1. The minimum absolute atomic E-state index is 0.164. The first-order valence-corrected chi connectivity index (χ1v) is 12.7. The van der Waals surface area contributed by atoms with Gasteiger partial charge < -0.3 is 14.5 Å². The molecule has 176 valence electrons. The molecule has 0 radical (unpaired) electrons. The lowest BCUT2D eigenvalue weighted by Gasteiger charge is -2.36. The van der Waals surface area contributed by atoms with Crippen molar-refractivity contribution in [1.82, 2.24) is 14.7 Å². The van der Waals surface area contributed by atoms with Gasteiger partial charge in [-0.1, -0.05) is 37.8 Å². The van der Waals surface area contributed by atoms with E-state index in [4.69, 9.17) is 4.74 Å². The standard InChI is InChI=1S/C26H39N3O3/c1-2-32-23-12-10-22(11-13-23)24-8-5-15-29(24)26(31)20-27-16-18-28(19-17-27)25(30)14-9-21-6-3-4-7-21/h10-13,21,24H,2-9,14-20H2,1H3. The van der Waals surface area contributed by atoms with Gasteiger partial charge in [0.15, 0.2) is 0 Å². The predicted octanol–water partition coefficient (Wildman–Crippen LogP) is 3.86. The molecule has 1 atom stereocenters. The van der Waals surface area contributed by atoms with Crippen molar-refractivity contribution in [2.75, 3.05) is 45.9 Å². The molecule has 2 saturated heterocycles. The van der Waals surface area contributed by atoms with Gasteiger partial charge in [0.25, 0.3) is 0 Å². The van der Waals surface area contributed by atoms with E-state index >= 15 is 0 Å². The number of hydrogen-bond donors (Lipinski definition) is 0. The number of carbonyl (C=O) groups excluding carboxylic acids is 2. The van der Waals surface area contributed by atoms with Crippen LogP contribution in [0.15, 0.2) is 24.3 Å². The predicted molar refractivity (Wildman–Crippen MR) is 126 cm³/mol. The summed E-state index contributed by atoms with van der Waals surface area (Å²) in [4.78, 5) is 32.0. The largest absolute Gasteiger partial charge is 0.494 e. The molecule has 0 N–H and O–H groups in total. The minimum atomic E-state index is 0.164. The lowest BCUT2D eigenvalue weighted by molar-refractivity contribution is -0.135. The number of likely N-dealkylation sites (tertiary alicyclic amines) is 1. The van der Waals surface area contributed by atoms with Crippen molar-refractivity contribution in [3.63, 3.8) is 0 Å². The fourth-order valence-electron chi connectivity index (χ4n) is 5.59. The van der Waals surface area contributed by atoms with Crippen LogP contribution in [0.3, 0.4) is 0 Å². The third-order valence-corrected chi connectivity index (χ3v) is 7.47. The summed E-state index contributed by atoms with van der Waals surface area (Å²) < 4.78 is 5.55. The highest BCUT2D eigenvalue weighted by atomic mass is 16.5. The monoisotopic (exact) mass is 441 g/mol. The second kappa shape index (κ2) is 11.2. The number of nitrogens with zero attached hydrogens (tertiary/aromatic N) is 3. The Labute approximate surface area is 192 Å². The highest BCUT2D eigenvalue weighted by Gasteiger charge is 2.31. The van der Waals surface area contributed by atoms with Crippen LogP contribution in [0.1, 0.15) is 69.9 Å². The Kier molecular flexibility index (Phi) is 8.06. The number of benzene rings is 1. The molecule has 1 aliphatic carbocycles. The average molecular weight is 442 g/mol. The minimum Gasteiger partial charge on any atom is -0.494 e. The molecule has 6 nitrogen and oxygen atoms in total. The van der Waals surface area contributed by atoms with Crippen LogP contribution in [0, 0.1) is 5.92 Å². The van der Waals surface area contributed by atoms with Crippen molar-refractivity contribution in [2.45, 2.75) is 64.3 Å². The molecule has 4 rings (SSSR count). The second-order valence-electron chi connectivity index (χ2n) is 9.59. The van der Waals surface area contributed by atoms with E-state index in [9.17, 15) is 9.59 Å². The third kappa shape index (κ3) is 5.83. The summed E-state index contributed by atoms with van der Waals surface area (Å²) in [7, 11) is 0. The van der Waals surface area contributed by atoms with E-state index in [2.05, 4.69) is 21.9 Å². The summed E-state index contributed by atoms with van der Waals surface area (Å²) in [6, 6.07) is 8.36. The first kappa shape index (κ1) is 23.1. The molecule has 1 saturated carbocycles. The summed E-state index contributed by atoms with van der Waals surface area (Å²) in [5.41, 5.74) is 1.19. The maximum absolute atomic E-state index is 13.1. The van der Waals surface area contributed by atoms with E-state index in [1.165, 1.54) is 31.2 Å². The van der Waals surface area contributed by atoms with Gasteiger partial charge in [-0.15, -0.1) is 0 Å². The average Bonchev–Trinajstić information content (AvgIpc) is 3.51. The molecule has 0 aromatic heterocycles. The lowest BCUT2D eigenvalue weighted by Crippen LogP contribution is -2.51. The zero-order valence-corrected chi connectivity index (χ0v) is 19.6. The molecule has 2 heterocycles. The highest BCUT2D eigenvalue weighted by Crippen LogP contribution is 2.33. The van der Waals surface area contributed by atoms with Crippen molar-refractivity contribution in [3.05, 3.63) is 29.8 Å². The SMILES string of the molecule is CCOc1ccc(C2CCCN2C(=O)CN2CCN(C(=O)CCC3CCCC3)CC2)cc1. The molecular weight excluding hydrogens is 402 g/mol. The fraction of sp³-hybridized carbons (Fsp3) is 0.692. The van der Waals surface area contributed by atoms with Gasteiger partial charge in [-0.25, -0.2) is 0 Å². The number of carbonyl (C=O) groups is 2. The molecule has 3 aliphatic rings. The highest BCUT2D eigenvalue weighted by molar-refractivity contribution is 5.79. The summed E-state index contributed by atoms with van der Waals surface area (Å²) >= 11 is 0. The second-order valence-corrected chi connectivity index (χ2v) is 9.59. The van der Waals surface area contributed by atoms with Gasteiger partial charge in [-0.3, -0.25) is 14.5 Å². The quantitative estimate of drug-likeness (QED) is 0.615. The van der Waals surface area contributed by atoms with Crippen molar-refractivity contribution in [3.8, 4) is 5.75 Å². The molecule has 32 heavy (non-hydrogen) atoms. The summed E-state index contributed by atoms with van der Waals surface area (Å²) in [6.45, 7) is 7.02. The topological polar surface area (TPSA) is 53.1 Å². The van der Waals surface area contributed by atoms with Gasteiger partial charge in [0.05, 0.1) is 19.2 Å². The first-order chi connectivity index (χ1) is 15.6. The number of hydrogen-bond acceptors (Lipinski definition) is 4. The molecular formula is C26H39N3O3. The molecule has 0 bridgehead atoms. The van der Waals surface area contributed by atoms with E-state index < -0.39 is 0 Å². The summed E-state index contributed by atoms with van der Waals surface area (Å²) in [5.74, 6) is 2.16. The van der Waals surface area contributed by atoms with E-state index in [1.54, 1.807) is 0 Å². The van der Waals surface area contributed by atoms with Gasteiger partial charge in [0, 0.05) is 39.1 Å². The number of rotatable bonds is 8. The van der Waals surface area contributed by atoms with Crippen LogP contribution in [0.2, 0.25) is 0 Å². The maximum atomic E-state index is 13.1. The summed E-state index contributed by atoms with van der Waals surface area (Å²) in [5, 5.41) is 0. The van der Waals surface area contributed by atoms with E-state index in [1.807, 2.05) is 24.0 Å². The molecule has 1 aromatic carbocycles. The van der Waals surface area contributed by atoms with Gasteiger partial charge in [-0.2, -0.15) is 0 Å². The zero-order valence-electron chi connectivity index (χ0n) is 19.6. The van der Waals surface area contributed by atoms with Crippen molar-refractivity contribution in [2.24, 2.45) is 5.92 Å². The molecule has 6 heteroatoms. The van der Waals surface area contributed by atoms with Gasteiger partial charge in [-0.05, 0) is 49.8 Å². The molecule has 1 unspecified atom stereocenters. The lowest BCUT2D eigenvalue weighted by atomic mass is 10.0. The van der Waals surface area contributed by atoms with Crippen LogP contribution >= 0.6 is 0 Å². The Balaban J connectivity index is 1.23. The fourth-order valence-corrected chi connectivity index (χ4v) is 5.59. The van der Waals surface area contributed by atoms with Crippen LogP contribution in [-0.4, -0.2) is 72.4 Å². The number of piperazine rings is 1. The molecule has 0 spiro atoms. The van der Waals surface area contributed by atoms with Gasteiger partial charge >= 0.3 is 0 Å². The Morgan fingerprint density at radius 2 is 1.62 bits per heavy atom. The van der Waals surface area contributed by atoms with Crippen molar-refractivity contribution in [1.29, 1.82) is 0 Å². The van der Waals surface area contributed by atoms with Crippen LogP contribution in [0.4, 0.5) is 0 Å². The van der Waals surface area contributed by atoms with E-state index in [-0.39, 0.29) is 11.9 Å². The molecule has 2 amide bonds. The smallest absolute Gasteiger partial charge is 0.237 e. The van der Waals surface area contributed by atoms with Crippen molar-refractivity contribution < 1.29 is 14.3 Å². The Hall–Kier alpha value is -2.08. The summed E-state index contributed by atoms with van der Waals surface area (Å²) in [6.07, 6.45) is 9.09. The van der Waals surface area contributed by atoms with Crippen LogP contribution in [0.25, 0.3) is 0 Å². The Morgan fingerprint density at radius 1 is 0.906 bits per heavy atom. The first-order valence-electron chi connectivity index (χ1n) is 12.7. The van der Waals surface area contributed by atoms with E-state index in [0.717, 1.165) is 63.7 Å². The van der Waals surface area contributed by atoms with Crippen LogP contribution in [-0.2, 0) is 9.59 Å².